The molecule has 0 heterocycles. The topological polar surface area (TPSA) is 32.3 Å². The van der Waals surface area contributed by atoms with Crippen LogP contribution < -0.4 is 5.32 Å². The van der Waals surface area contributed by atoms with E-state index in [-0.39, 0.29) is 11.8 Å². The lowest BCUT2D eigenvalue weighted by molar-refractivity contribution is 0.459. The molecule has 2 N–H and O–H groups in total. The SMILES string of the molecule is Cc1ccc(NC(C)c2ccc(F)cc2O)c(Cl)c1. The highest BCUT2D eigenvalue weighted by Crippen LogP contribution is 2.30. The van der Waals surface area contributed by atoms with Gasteiger partial charge in [-0.05, 0) is 37.6 Å². The summed E-state index contributed by atoms with van der Waals surface area (Å²) in [7, 11) is 0. The van der Waals surface area contributed by atoms with Crippen LogP contribution in [-0.4, -0.2) is 5.11 Å². The van der Waals surface area contributed by atoms with Gasteiger partial charge >= 0.3 is 0 Å². The van der Waals surface area contributed by atoms with Crippen LogP contribution in [0.2, 0.25) is 5.02 Å². The molecule has 1 atom stereocenters. The Kier molecular flexibility index (Phi) is 3.96. The van der Waals surface area contributed by atoms with Crippen molar-refractivity contribution in [2.75, 3.05) is 5.32 Å². The van der Waals surface area contributed by atoms with Gasteiger partial charge in [-0.15, -0.1) is 0 Å². The zero-order valence-corrected chi connectivity index (χ0v) is 11.5. The number of aryl methyl sites for hydroxylation is 1. The zero-order chi connectivity index (χ0) is 14.0. The van der Waals surface area contributed by atoms with E-state index < -0.39 is 5.82 Å². The molecule has 0 amide bonds. The lowest BCUT2D eigenvalue weighted by Gasteiger charge is -2.18. The molecule has 4 heteroatoms. The van der Waals surface area contributed by atoms with Crippen LogP contribution in [-0.2, 0) is 0 Å². The molecule has 0 aliphatic carbocycles. The minimum absolute atomic E-state index is 0.0664. The van der Waals surface area contributed by atoms with Crippen LogP contribution in [0, 0.1) is 12.7 Å². The second-order valence-corrected chi connectivity index (χ2v) is 4.96. The van der Waals surface area contributed by atoms with Crippen molar-refractivity contribution in [2.45, 2.75) is 19.9 Å². The third-order valence-electron chi connectivity index (χ3n) is 2.96. The van der Waals surface area contributed by atoms with Gasteiger partial charge in [0, 0.05) is 11.6 Å². The Morgan fingerprint density at radius 2 is 1.95 bits per heavy atom. The summed E-state index contributed by atoms with van der Waals surface area (Å²) in [6, 6.07) is 9.50. The molecule has 100 valence electrons. The predicted molar refractivity (Wildman–Crippen MR) is 76.3 cm³/mol. The number of rotatable bonds is 3. The number of phenolic OH excluding ortho intramolecular Hbond substituents is 1. The molecule has 2 aromatic carbocycles. The number of hydrogen-bond acceptors (Lipinski definition) is 2. The summed E-state index contributed by atoms with van der Waals surface area (Å²) in [6.45, 7) is 3.84. The van der Waals surface area contributed by atoms with E-state index >= 15 is 0 Å². The number of nitrogens with one attached hydrogen (secondary N) is 1. The molecule has 2 nitrogen and oxygen atoms in total. The van der Waals surface area contributed by atoms with Gasteiger partial charge in [-0.3, -0.25) is 0 Å². The standard InChI is InChI=1S/C15H15ClFNO/c1-9-3-6-14(13(16)7-9)18-10(2)12-5-4-11(17)8-15(12)19/h3-8,10,18-19H,1-2H3. The minimum atomic E-state index is -0.457. The van der Waals surface area contributed by atoms with E-state index in [1.54, 1.807) is 6.07 Å². The molecule has 2 aromatic rings. The number of benzene rings is 2. The average molecular weight is 280 g/mol. The number of hydrogen-bond donors (Lipinski definition) is 2. The molecule has 0 saturated heterocycles. The first-order valence-electron chi connectivity index (χ1n) is 5.98. The van der Waals surface area contributed by atoms with E-state index in [4.69, 9.17) is 11.6 Å². The van der Waals surface area contributed by atoms with E-state index in [0.29, 0.717) is 10.6 Å². The average Bonchev–Trinajstić information content (AvgIpc) is 2.32. The van der Waals surface area contributed by atoms with Crippen LogP contribution >= 0.6 is 11.6 Å². The number of aromatic hydroxyl groups is 1. The fourth-order valence-electron chi connectivity index (χ4n) is 1.93. The fourth-order valence-corrected chi connectivity index (χ4v) is 2.22. The minimum Gasteiger partial charge on any atom is -0.507 e. The molecule has 0 aliphatic heterocycles. The molecule has 0 spiro atoms. The molecule has 1 unspecified atom stereocenters. The molecule has 0 bridgehead atoms. The zero-order valence-electron chi connectivity index (χ0n) is 10.7. The smallest absolute Gasteiger partial charge is 0.126 e. The first-order chi connectivity index (χ1) is 8.97. The lowest BCUT2D eigenvalue weighted by atomic mass is 10.1. The largest absolute Gasteiger partial charge is 0.507 e. The molecule has 0 fully saturated rings. The van der Waals surface area contributed by atoms with Crippen LogP contribution in [0.15, 0.2) is 36.4 Å². The Bertz CT molecular complexity index is 601. The van der Waals surface area contributed by atoms with E-state index in [2.05, 4.69) is 5.32 Å². The Morgan fingerprint density at radius 3 is 2.58 bits per heavy atom. The normalized spacial score (nSPS) is 12.2. The molecular weight excluding hydrogens is 265 g/mol. The first kappa shape index (κ1) is 13.7. The highest BCUT2D eigenvalue weighted by Gasteiger charge is 2.12. The summed E-state index contributed by atoms with van der Waals surface area (Å²) in [5.74, 6) is -0.523. The highest BCUT2D eigenvalue weighted by molar-refractivity contribution is 6.33. The second-order valence-electron chi connectivity index (χ2n) is 4.55. The third-order valence-corrected chi connectivity index (χ3v) is 3.27. The Labute approximate surface area is 116 Å². The van der Waals surface area contributed by atoms with Crippen molar-refractivity contribution < 1.29 is 9.50 Å². The van der Waals surface area contributed by atoms with Gasteiger partial charge in [0.1, 0.15) is 11.6 Å². The summed E-state index contributed by atoms with van der Waals surface area (Å²) in [5.41, 5.74) is 2.48. The molecular formula is C15H15ClFNO. The van der Waals surface area contributed by atoms with Gasteiger partial charge in [-0.2, -0.15) is 0 Å². The van der Waals surface area contributed by atoms with Gasteiger partial charge in [0.15, 0.2) is 0 Å². The van der Waals surface area contributed by atoms with Crippen molar-refractivity contribution in [2.24, 2.45) is 0 Å². The van der Waals surface area contributed by atoms with Crippen LogP contribution in [0.5, 0.6) is 5.75 Å². The van der Waals surface area contributed by atoms with Crippen molar-refractivity contribution in [3.05, 3.63) is 58.4 Å². The maximum atomic E-state index is 12.9. The molecule has 19 heavy (non-hydrogen) atoms. The number of anilines is 1. The van der Waals surface area contributed by atoms with Crippen molar-refractivity contribution in [1.29, 1.82) is 0 Å². The van der Waals surface area contributed by atoms with Crippen molar-refractivity contribution in [3.8, 4) is 5.75 Å². The van der Waals surface area contributed by atoms with Gasteiger partial charge < -0.3 is 10.4 Å². The van der Waals surface area contributed by atoms with E-state index in [0.717, 1.165) is 17.3 Å². The summed E-state index contributed by atoms with van der Waals surface area (Å²) < 4.78 is 12.9. The van der Waals surface area contributed by atoms with E-state index in [1.165, 1.54) is 6.07 Å². The lowest BCUT2D eigenvalue weighted by Crippen LogP contribution is -2.07. The summed E-state index contributed by atoms with van der Waals surface area (Å²) >= 11 is 6.14. The third kappa shape index (κ3) is 3.18. The van der Waals surface area contributed by atoms with Crippen molar-refractivity contribution in [1.82, 2.24) is 0 Å². The summed E-state index contributed by atoms with van der Waals surface area (Å²) in [6.07, 6.45) is 0. The Hall–Kier alpha value is -1.74. The quantitative estimate of drug-likeness (QED) is 0.856. The highest BCUT2D eigenvalue weighted by atomic mass is 35.5. The summed E-state index contributed by atoms with van der Waals surface area (Å²) in [4.78, 5) is 0. The first-order valence-corrected chi connectivity index (χ1v) is 6.36. The van der Waals surface area contributed by atoms with Crippen molar-refractivity contribution >= 4 is 17.3 Å². The molecule has 0 aromatic heterocycles. The number of halogens is 2. The van der Waals surface area contributed by atoms with Gasteiger partial charge in [0.2, 0.25) is 0 Å². The van der Waals surface area contributed by atoms with Gasteiger partial charge in [-0.25, -0.2) is 4.39 Å². The van der Waals surface area contributed by atoms with Crippen molar-refractivity contribution in [3.63, 3.8) is 0 Å². The Morgan fingerprint density at radius 1 is 1.21 bits per heavy atom. The van der Waals surface area contributed by atoms with E-state index in [1.807, 2.05) is 32.0 Å². The summed E-state index contributed by atoms with van der Waals surface area (Å²) in [5, 5.41) is 13.6. The molecule has 0 aliphatic rings. The maximum Gasteiger partial charge on any atom is 0.126 e. The van der Waals surface area contributed by atoms with Crippen LogP contribution in [0.4, 0.5) is 10.1 Å². The fraction of sp³-hybridized carbons (Fsp3) is 0.200. The maximum absolute atomic E-state index is 12.9. The van der Waals surface area contributed by atoms with Crippen LogP contribution in [0.3, 0.4) is 0 Å². The monoisotopic (exact) mass is 279 g/mol. The van der Waals surface area contributed by atoms with Gasteiger partial charge in [0.25, 0.3) is 0 Å². The number of phenols is 1. The molecule has 0 saturated carbocycles. The van der Waals surface area contributed by atoms with Gasteiger partial charge in [0.05, 0.1) is 16.8 Å². The Balaban J connectivity index is 2.23. The second kappa shape index (κ2) is 5.49. The van der Waals surface area contributed by atoms with Gasteiger partial charge in [-0.1, -0.05) is 23.7 Å². The molecule has 2 rings (SSSR count). The predicted octanol–water partition coefficient (Wildman–Crippen LogP) is 4.67. The van der Waals surface area contributed by atoms with Crippen LogP contribution in [0.25, 0.3) is 0 Å². The van der Waals surface area contributed by atoms with E-state index in [9.17, 15) is 9.50 Å². The van der Waals surface area contributed by atoms with Crippen LogP contribution in [0.1, 0.15) is 24.1 Å². The molecule has 0 radical (unpaired) electrons.